The van der Waals surface area contributed by atoms with Crippen molar-refractivity contribution < 1.29 is 23.8 Å². The summed E-state index contributed by atoms with van der Waals surface area (Å²) in [6, 6.07) is 0. The first-order valence-corrected chi connectivity index (χ1v) is 10.5. The van der Waals surface area contributed by atoms with Gasteiger partial charge in [0.1, 0.15) is 10.9 Å². The molecule has 4 fully saturated rings. The second kappa shape index (κ2) is 6.84. The number of hydrogen-bond acceptors (Lipinski definition) is 5. The van der Waals surface area contributed by atoms with E-state index in [0.29, 0.717) is 18.3 Å². The fourth-order valence-corrected chi connectivity index (χ4v) is 6.01. The molecule has 4 aliphatic carbocycles. The number of hydrogen-bond donors (Lipinski definition) is 0. The maximum atomic E-state index is 12.5. The van der Waals surface area contributed by atoms with E-state index in [0.717, 1.165) is 19.3 Å². The normalized spacial score (nSPS) is 41.1. The monoisotopic (exact) mass is 396 g/mol. The van der Waals surface area contributed by atoms with Gasteiger partial charge < -0.3 is 14.2 Å². The summed E-state index contributed by atoms with van der Waals surface area (Å²) in [6.45, 7) is 13.3. The van der Waals surface area contributed by atoms with Crippen molar-refractivity contribution in [1.82, 2.24) is 0 Å². The van der Waals surface area contributed by atoms with Crippen LogP contribution in [0, 0.1) is 23.7 Å². The fraction of sp³-hybridized carbons (Fsp3) is 0.810. The van der Waals surface area contributed by atoms with Crippen LogP contribution in [0.5, 0.6) is 0 Å². The summed E-state index contributed by atoms with van der Waals surface area (Å²) in [7, 11) is 2.51. The molecule has 27 heavy (non-hydrogen) atoms. The summed E-state index contributed by atoms with van der Waals surface area (Å²) in [5.74, 6) is 0.697. The van der Waals surface area contributed by atoms with Gasteiger partial charge in [-0.2, -0.15) is 0 Å². The molecule has 6 unspecified atom stereocenters. The summed E-state index contributed by atoms with van der Waals surface area (Å²) < 4.78 is 17.9. The van der Waals surface area contributed by atoms with Crippen LogP contribution in [0.4, 0.5) is 0 Å². The predicted molar refractivity (Wildman–Crippen MR) is 106 cm³/mol. The Bertz CT molecular complexity index is 619. The third-order valence-corrected chi connectivity index (χ3v) is 7.13. The zero-order valence-corrected chi connectivity index (χ0v) is 18.3. The van der Waals surface area contributed by atoms with Gasteiger partial charge in [0.05, 0.1) is 5.60 Å². The van der Waals surface area contributed by atoms with Crippen LogP contribution in [-0.2, 0) is 23.8 Å². The molecule has 0 heterocycles. The lowest BCUT2D eigenvalue weighted by Crippen LogP contribution is -2.69. The Morgan fingerprint density at radius 2 is 1.78 bits per heavy atom. The Morgan fingerprint density at radius 3 is 2.26 bits per heavy atom. The highest BCUT2D eigenvalue weighted by molar-refractivity contribution is 7.18. The molecule has 0 aromatic carbocycles. The van der Waals surface area contributed by atoms with Crippen molar-refractivity contribution in [2.45, 2.75) is 83.0 Å². The van der Waals surface area contributed by atoms with Gasteiger partial charge in [-0.15, -0.1) is 0 Å². The smallest absolute Gasteiger partial charge is 0.335 e. The van der Waals surface area contributed by atoms with E-state index in [9.17, 15) is 9.59 Å². The van der Waals surface area contributed by atoms with Crippen LogP contribution in [0.3, 0.4) is 0 Å². The number of carbonyl (C=O) groups excluding carboxylic acids is 2. The highest BCUT2D eigenvalue weighted by Gasteiger charge is 2.67. The van der Waals surface area contributed by atoms with E-state index in [2.05, 4.69) is 29.7 Å². The SMILES string of the molecule is C=CC(=O)OC12CC3(OC(C)C(=O)OC(C)(C)P)CC(CC(C3)C1C)C2C. The van der Waals surface area contributed by atoms with E-state index in [1.54, 1.807) is 6.92 Å². The maximum absolute atomic E-state index is 12.5. The molecule has 4 aliphatic rings. The molecule has 0 N–H and O–H groups in total. The first-order chi connectivity index (χ1) is 12.4. The average Bonchev–Trinajstić information content (AvgIpc) is 2.55. The molecule has 152 valence electrons. The number of ether oxygens (including phenoxy) is 3. The fourth-order valence-electron chi connectivity index (χ4n) is 5.89. The van der Waals surface area contributed by atoms with Gasteiger partial charge in [0, 0.05) is 12.5 Å². The molecule has 6 atom stereocenters. The van der Waals surface area contributed by atoms with Crippen LogP contribution >= 0.6 is 9.24 Å². The van der Waals surface area contributed by atoms with E-state index >= 15 is 0 Å². The highest BCUT2D eigenvalue weighted by Crippen LogP contribution is 2.65. The van der Waals surface area contributed by atoms with Gasteiger partial charge in [0.25, 0.3) is 0 Å². The highest BCUT2D eigenvalue weighted by atomic mass is 31.0. The van der Waals surface area contributed by atoms with Gasteiger partial charge in [0.2, 0.25) is 0 Å². The molecule has 0 spiro atoms. The summed E-state index contributed by atoms with van der Waals surface area (Å²) >= 11 is 0. The lowest BCUT2D eigenvalue weighted by atomic mass is 9.44. The molecule has 4 bridgehead atoms. The predicted octanol–water partition coefficient (Wildman–Crippen LogP) is 3.86. The Balaban J connectivity index is 1.84. The maximum Gasteiger partial charge on any atom is 0.335 e. The van der Waals surface area contributed by atoms with E-state index in [1.165, 1.54) is 6.08 Å². The quantitative estimate of drug-likeness (QED) is 0.388. The van der Waals surface area contributed by atoms with Crippen LogP contribution in [0.2, 0.25) is 0 Å². The molecule has 0 amide bonds. The zero-order valence-electron chi connectivity index (χ0n) is 17.1. The lowest BCUT2D eigenvalue weighted by molar-refractivity contribution is -0.283. The summed E-state index contributed by atoms with van der Waals surface area (Å²) in [4.78, 5) is 24.6. The Labute approximate surface area is 164 Å². The van der Waals surface area contributed by atoms with Crippen molar-refractivity contribution in [3.8, 4) is 0 Å². The third kappa shape index (κ3) is 3.70. The summed E-state index contributed by atoms with van der Waals surface area (Å²) in [6.07, 6.45) is 4.18. The molecule has 0 radical (unpaired) electrons. The zero-order chi connectivity index (χ0) is 20.2. The Morgan fingerprint density at radius 1 is 1.22 bits per heavy atom. The number of carbonyl (C=O) groups is 2. The van der Waals surface area contributed by atoms with Crippen LogP contribution < -0.4 is 0 Å². The molecule has 4 saturated carbocycles. The molecular formula is C21H33O5P. The number of esters is 2. The molecule has 6 heteroatoms. The topological polar surface area (TPSA) is 61.8 Å². The lowest BCUT2D eigenvalue weighted by Gasteiger charge is -2.66. The van der Waals surface area contributed by atoms with Crippen molar-refractivity contribution in [3.63, 3.8) is 0 Å². The van der Waals surface area contributed by atoms with Gasteiger partial charge in [-0.25, -0.2) is 9.59 Å². The van der Waals surface area contributed by atoms with Crippen molar-refractivity contribution >= 4 is 21.2 Å². The van der Waals surface area contributed by atoms with E-state index in [-0.39, 0.29) is 23.8 Å². The van der Waals surface area contributed by atoms with E-state index in [1.807, 2.05) is 13.8 Å². The van der Waals surface area contributed by atoms with Crippen LogP contribution in [0.25, 0.3) is 0 Å². The van der Waals surface area contributed by atoms with Gasteiger partial charge in [0.15, 0.2) is 6.10 Å². The second-order valence-electron chi connectivity index (χ2n) is 9.47. The third-order valence-electron chi connectivity index (χ3n) is 7.01. The van der Waals surface area contributed by atoms with Gasteiger partial charge in [-0.3, -0.25) is 0 Å². The average molecular weight is 396 g/mol. The summed E-state index contributed by atoms with van der Waals surface area (Å²) in [5, 5.41) is -0.625. The van der Waals surface area contributed by atoms with Crippen molar-refractivity contribution in [1.29, 1.82) is 0 Å². The number of rotatable bonds is 6. The molecule has 0 aromatic rings. The summed E-state index contributed by atoms with van der Waals surface area (Å²) in [5.41, 5.74) is -0.976. The Hall–Kier alpha value is -0.930. The first kappa shape index (κ1) is 20.8. The molecular weight excluding hydrogens is 363 g/mol. The van der Waals surface area contributed by atoms with Gasteiger partial charge in [-0.1, -0.05) is 29.7 Å². The Kier molecular flexibility index (Phi) is 5.27. The van der Waals surface area contributed by atoms with Crippen LogP contribution in [0.15, 0.2) is 12.7 Å². The standard InChI is InChI=1S/C21H33O5P/c1-7-17(22)25-21-11-20(24-14(4)18(23)26-19(5,6)27)9-15(12(21)2)8-16(10-20)13(21)3/h7,12-16H,1,8-11,27H2,2-6H3. The molecule has 0 saturated heterocycles. The van der Waals surface area contributed by atoms with Crippen molar-refractivity contribution in [3.05, 3.63) is 12.7 Å². The molecule has 4 rings (SSSR count). The minimum absolute atomic E-state index is 0.276. The van der Waals surface area contributed by atoms with Crippen LogP contribution in [-0.4, -0.2) is 34.6 Å². The minimum Gasteiger partial charge on any atom is -0.455 e. The largest absolute Gasteiger partial charge is 0.455 e. The van der Waals surface area contributed by atoms with Crippen LogP contribution in [0.1, 0.15) is 60.3 Å². The van der Waals surface area contributed by atoms with E-state index < -0.39 is 22.6 Å². The van der Waals surface area contributed by atoms with E-state index in [4.69, 9.17) is 14.2 Å². The molecule has 0 aromatic heterocycles. The molecule has 0 aliphatic heterocycles. The first-order valence-electron chi connectivity index (χ1n) is 9.96. The molecule has 5 nitrogen and oxygen atoms in total. The van der Waals surface area contributed by atoms with Crippen molar-refractivity contribution in [2.75, 3.05) is 0 Å². The van der Waals surface area contributed by atoms with Crippen molar-refractivity contribution in [2.24, 2.45) is 23.7 Å². The second-order valence-corrected chi connectivity index (χ2v) is 10.9. The minimum atomic E-state index is -0.654. The van der Waals surface area contributed by atoms with Gasteiger partial charge in [-0.05, 0) is 63.7 Å². The van der Waals surface area contributed by atoms with Gasteiger partial charge >= 0.3 is 11.9 Å².